The molecule has 0 bridgehead atoms. The molecule has 1 N–H and O–H groups in total. The fourth-order valence-corrected chi connectivity index (χ4v) is 2.46. The van der Waals surface area contributed by atoms with Crippen LogP contribution in [0.3, 0.4) is 0 Å². The van der Waals surface area contributed by atoms with Gasteiger partial charge in [0.2, 0.25) is 0 Å². The Morgan fingerprint density at radius 3 is 2.27 bits per heavy atom. The first-order valence-corrected chi connectivity index (χ1v) is 6.37. The Hall–Kier alpha value is -0.0800. The van der Waals surface area contributed by atoms with E-state index in [1.54, 1.807) is 0 Å². The fourth-order valence-electron chi connectivity index (χ4n) is 2.46. The van der Waals surface area contributed by atoms with Crippen molar-refractivity contribution in [2.24, 2.45) is 5.92 Å². The van der Waals surface area contributed by atoms with Gasteiger partial charge in [-0.25, -0.2) is 0 Å². The zero-order chi connectivity index (χ0) is 11.5. The lowest BCUT2D eigenvalue weighted by molar-refractivity contribution is 0.00546. The lowest BCUT2D eigenvalue weighted by atomic mass is 9.86. The van der Waals surface area contributed by atoms with Gasteiger partial charge in [-0.2, -0.15) is 0 Å². The summed E-state index contributed by atoms with van der Waals surface area (Å²) < 4.78 is 0. The van der Waals surface area contributed by atoms with Crippen molar-refractivity contribution in [3.05, 3.63) is 0 Å². The summed E-state index contributed by atoms with van der Waals surface area (Å²) in [6.45, 7) is 7.15. The van der Waals surface area contributed by atoms with Gasteiger partial charge >= 0.3 is 0 Å². The van der Waals surface area contributed by atoms with Gasteiger partial charge < -0.3 is 10.0 Å². The minimum atomic E-state index is -0.516. The number of nitrogens with zero attached hydrogens (tertiary/aromatic N) is 1. The summed E-state index contributed by atoms with van der Waals surface area (Å²) in [4.78, 5) is 2.36. The summed E-state index contributed by atoms with van der Waals surface area (Å²) in [6.07, 6.45) is 6.14. The molecule has 2 heteroatoms. The highest BCUT2D eigenvalue weighted by Gasteiger charge is 2.26. The molecule has 0 amide bonds. The van der Waals surface area contributed by atoms with E-state index in [2.05, 4.69) is 25.8 Å². The first-order valence-electron chi connectivity index (χ1n) is 6.37. The highest BCUT2D eigenvalue weighted by Crippen LogP contribution is 2.27. The molecule has 0 spiro atoms. The van der Waals surface area contributed by atoms with Crippen LogP contribution >= 0.6 is 0 Å². The van der Waals surface area contributed by atoms with Crippen molar-refractivity contribution < 1.29 is 5.11 Å². The van der Waals surface area contributed by atoms with Crippen LogP contribution in [0.5, 0.6) is 0 Å². The van der Waals surface area contributed by atoms with Crippen molar-refractivity contribution in [2.75, 3.05) is 13.6 Å². The molecule has 1 unspecified atom stereocenters. The highest BCUT2D eigenvalue weighted by molar-refractivity contribution is 4.81. The topological polar surface area (TPSA) is 23.5 Å². The average molecular weight is 213 g/mol. The van der Waals surface area contributed by atoms with Gasteiger partial charge in [0.05, 0.1) is 5.60 Å². The summed E-state index contributed by atoms with van der Waals surface area (Å²) in [6, 6.07) is 0.694. The summed E-state index contributed by atoms with van der Waals surface area (Å²) >= 11 is 0. The van der Waals surface area contributed by atoms with Gasteiger partial charge in [0, 0.05) is 12.6 Å². The highest BCUT2D eigenvalue weighted by atomic mass is 16.3. The average Bonchev–Trinajstić information content (AvgIpc) is 2.18. The molecule has 0 aromatic heterocycles. The van der Waals surface area contributed by atoms with Crippen LogP contribution < -0.4 is 0 Å². The maximum absolute atomic E-state index is 10.0. The molecule has 0 aromatic carbocycles. The zero-order valence-corrected chi connectivity index (χ0v) is 10.8. The number of hydrogen-bond donors (Lipinski definition) is 1. The fraction of sp³-hybridized carbons (Fsp3) is 1.00. The minimum Gasteiger partial charge on any atom is -0.389 e. The summed E-state index contributed by atoms with van der Waals surface area (Å²) in [5.41, 5.74) is -0.516. The molecule has 90 valence electrons. The van der Waals surface area contributed by atoms with E-state index < -0.39 is 5.60 Å². The Morgan fingerprint density at radius 2 is 1.80 bits per heavy atom. The third kappa shape index (κ3) is 4.12. The van der Waals surface area contributed by atoms with E-state index in [9.17, 15) is 5.11 Å². The van der Waals surface area contributed by atoms with Crippen molar-refractivity contribution in [3.63, 3.8) is 0 Å². The second-order valence-corrected chi connectivity index (χ2v) is 5.68. The van der Waals surface area contributed by atoms with Crippen LogP contribution in [0.25, 0.3) is 0 Å². The van der Waals surface area contributed by atoms with Crippen molar-refractivity contribution in [1.82, 2.24) is 4.90 Å². The van der Waals surface area contributed by atoms with E-state index in [4.69, 9.17) is 0 Å². The van der Waals surface area contributed by atoms with Crippen LogP contribution in [0.2, 0.25) is 0 Å². The second kappa shape index (κ2) is 5.31. The van der Waals surface area contributed by atoms with E-state index in [0.29, 0.717) is 6.04 Å². The molecular formula is C13H27NO. The SMILES string of the molecule is CCC(C)(O)CN(C)C1CCC(C)CC1. The number of rotatable bonds is 4. The summed E-state index contributed by atoms with van der Waals surface area (Å²) in [5.74, 6) is 0.904. The van der Waals surface area contributed by atoms with Gasteiger partial charge in [-0.3, -0.25) is 0 Å². The predicted octanol–water partition coefficient (Wildman–Crippen LogP) is 2.66. The summed E-state index contributed by atoms with van der Waals surface area (Å²) in [5, 5.41) is 10.0. The van der Waals surface area contributed by atoms with Gasteiger partial charge in [0.1, 0.15) is 0 Å². The molecule has 1 rings (SSSR count). The summed E-state index contributed by atoms with van der Waals surface area (Å²) in [7, 11) is 2.16. The minimum absolute atomic E-state index is 0.516. The Bertz CT molecular complexity index is 183. The quantitative estimate of drug-likeness (QED) is 0.776. The smallest absolute Gasteiger partial charge is 0.0743 e. The van der Waals surface area contributed by atoms with E-state index in [-0.39, 0.29) is 0 Å². The maximum atomic E-state index is 10.0. The Labute approximate surface area is 94.7 Å². The zero-order valence-electron chi connectivity index (χ0n) is 10.8. The van der Waals surface area contributed by atoms with Crippen LogP contribution in [0, 0.1) is 5.92 Å². The standard InChI is InChI=1S/C13H27NO/c1-5-13(3,15)10-14(4)12-8-6-11(2)7-9-12/h11-12,15H,5-10H2,1-4H3. The molecule has 1 aliphatic carbocycles. The van der Waals surface area contributed by atoms with E-state index in [1.165, 1.54) is 25.7 Å². The van der Waals surface area contributed by atoms with Crippen molar-refractivity contribution in [3.8, 4) is 0 Å². The largest absolute Gasteiger partial charge is 0.389 e. The molecule has 1 saturated carbocycles. The predicted molar refractivity (Wildman–Crippen MR) is 65.0 cm³/mol. The Balaban J connectivity index is 2.37. The van der Waals surface area contributed by atoms with Gasteiger partial charge in [-0.05, 0) is 52.0 Å². The normalized spacial score (nSPS) is 31.6. The first-order chi connectivity index (χ1) is 6.94. The van der Waals surface area contributed by atoms with E-state index in [1.807, 2.05) is 6.92 Å². The number of hydrogen-bond acceptors (Lipinski definition) is 2. The molecule has 1 atom stereocenters. The van der Waals surface area contributed by atoms with Gasteiger partial charge in [0.25, 0.3) is 0 Å². The third-order valence-electron chi connectivity index (χ3n) is 3.96. The Kier molecular flexibility index (Phi) is 4.60. The van der Waals surface area contributed by atoms with Gasteiger partial charge in [-0.15, -0.1) is 0 Å². The van der Waals surface area contributed by atoms with Crippen LogP contribution in [0.4, 0.5) is 0 Å². The monoisotopic (exact) mass is 213 g/mol. The van der Waals surface area contributed by atoms with Crippen LogP contribution in [0.15, 0.2) is 0 Å². The molecule has 2 nitrogen and oxygen atoms in total. The maximum Gasteiger partial charge on any atom is 0.0743 e. The Morgan fingerprint density at radius 1 is 1.27 bits per heavy atom. The lowest BCUT2D eigenvalue weighted by Gasteiger charge is -2.37. The van der Waals surface area contributed by atoms with Crippen LogP contribution in [-0.2, 0) is 0 Å². The van der Waals surface area contributed by atoms with Crippen molar-refractivity contribution in [1.29, 1.82) is 0 Å². The van der Waals surface area contributed by atoms with Crippen molar-refractivity contribution >= 4 is 0 Å². The van der Waals surface area contributed by atoms with Gasteiger partial charge in [0.15, 0.2) is 0 Å². The van der Waals surface area contributed by atoms with Crippen molar-refractivity contribution in [2.45, 2.75) is 64.5 Å². The van der Waals surface area contributed by atoms with E-state index in [0.717, 1.165) is 18.9 Å². The third-order valence-corrected chi connectivity index (χ3v) is 3.96. The number of likely N-dealkylation sites (N-methyl/N-ethyl adjacent to an activating group) is 1. The van der Waals surface area contributed by atoms with Crippen LogP contribution in [-0.4, -0.2) is 35.2 Å². The molecule has 0 aromatic rings. The first kappa shape index (κ1) is 13.0. The lowest BCUT2D eigenvalue weighted by Crippen LogP contribution is -2.44. The second-order valence-electron chi connectivity index (χ2n) is 5.68. The van der Waals surface area contributed by atoms with E-state index >= 15 is 0 Å². The molecular weight excluding hydrogens is 186 g/mol. The molecule has 0 saturated heterocycles. The number of aliphatic hydroxyl groups is 1. The molecule has 1 aliphatic rings. The molecule has 15 heavy (non-hydrogen) atoms. The molecule has 0 heterocycles. The molecule has 0 radical (unpaired) electrons. The molecule has 0 aliphatic heterocycles. The van der Waals surface area contributed by atoms with Crippen LogP contribution in [0.1, 0.15) is 52.9 Å². The molecule has 1 fully saturated rings. The van der Waals surface area contributed by atoms with Gasteiger partial charge in [-0.1, -0.05) is 13.8 Å².